The van der Waals surface area contributed by atoms with E-state index in [9.17, 15) is 10.1 Å². The smallest absolute Gasteiger partial charge is 0.225 e. The van der Waals surface area contributed by atoms with E-state index in [1.165, 1.54) is 11.8 Å². The molecule has 0 saturated carbocycles. The van der Waals surface area contributed by atoms with E-state index < -0.39 is 0 Å². The molecule has 3 nitrogen and oxygen atoms in total. The third kappa shape index (κ3) is 3.31. The molecule has 1 aliphatic rings. The van der Waals surface area contributed by atoms with Crippen LogP contribution in [0.1, 0.15) is 24.8 Å². The summed E-state index contributed by atoms with van der Waals surface area (Å²) in [6.07, 6.45) is 0.323. The summed E-state index contributed by atoms with van der Waals surface area (Å²) in [4.78, 5) is 11.9. The van der Waals surface area contributed by atoms with E-state index in [-0.39, 0.29) is 11.8 Å². The third-order valence-electron chi connectivity index (χ3n) is 3.02. The van der Waals surface area contributed by atoms with Crippen LogP contribution in [0.25, 0.3) is 0 Å². The van der Waals surface area contributed by atoms with Gasteiger partial charge in [-0.15, -0.1) is 11.8 Å². The predicted molar refractivity (Wildman–Crippen MR) is 81.9 cm³/mol. The summed E-state index contributed by atoms with van der Waals surface area (Å²) in [6, 6.07) is 12.0. The quantitative estimate of drug-likeness (QED) is 0.863. The lowest BCUT2D eigenvalue weighted by Crippen LogP contribution is -2.30. The molecule has 1 amide bonds. The van der Waals surface area contributed by atoms with Crippen molar-refractivity contribution in [3.05, 3.63) is 58.6 Å². The van der Waals surface area contributed by atoms with Gasteiger partial charge in [0, 0.05) is 18.1 Å². The second-order valence-electron chi connectivity index (χ2n) is 4.82. The Bertz CT molecular complexity index is 599. The predicted octanol–water partition coefficient (Wildman–Crippen LogP) is 3.33. The largest absolute Gasteiger partial charge is 0.320 e. The molecule has 20 heavy (non-hydrogen) atoms. The molecule has 102 valence electrons. The van der Waals surface area contributed by atoms with Crippen molar-refractivity contribution in [3.8, 4) is 6.07 Å². The average Bonchev–Trinajstić information content (AvgIpc) is 2.45. The number of hydrogen-bond donors (Lipinski definition) is 1. The Kier molecular flexibility index (Phi) is 4.65. The number of nitrogens with zero attached hydrogens (tertiary/aromatic N) is 1. The molecule has 1 aliphatic heterocycles. The molecule has 0 aliphatic carbocycles. The summed E-state index contributed by atoms with van der Waals surface area (Å²) >= 11 is 1.47. The molecule has 0 spiro atoms. The zero-order chi connectivity index (χ0) is 14.5. The Morgan fingerprint density at radius 1 is 1.50 bits per heavy atom. The maximum absolute atomic E-state index is 11.9. The number of hydrogen-bond acceptors (Lipinski definition) is 3. The Morgan fingerprint density at radius 3 is 2.80 bits per heavy atom. The molecule has 0 aromatic heterocycles. The molecule has 0 fully saturated rings. The van der Waals surface area contributed by atoms with Crippen molar-refractivity contribution in [2.45, 2.75) is 19.3 Å². The maximum Gasteiger partial charge on any atom is 0.225 e. The van der Waals surface area contributed by atoms with Crippen molar-refractivity contribution in [3.63, 3.8) is 0 Å². The summed E-state index contributed by atoms with van der Waals surface area (Å²) in [5.74, 6) is 0.507. The minimum atomic E-state index is -0.150. The first-order valence-electron chi connectivity index (χ1n) is 6.38. The van der Waals surface area contributed by atoms with Crippen molar-refractivity contribution in [2.75, 3.05) is 5.75 Å². The second kappa shape index (κ2) is 6.44. The van der Waals surface area contributed by atoms with Gasteiger partial charge in [0.15, 0.2) is 0 Å². The molecular formula is C16H16N2OS. The van der Waals surface area contributed by atoms with Crippen LogP contribution < -0.4 is 5.32 Å². The van der Waals surface area contributed by atoms with Gasteiger partial charge in [-0.2, -0.15) is 5.26 Å². The Balaban J connectivity index is 2.36. The molecule has 0 radical (unpaired) electrons. The number of thioether (sulfide) groups is 1. The van der Waals surface area contributed by atoms with Crippen LogP contribution in [0, 0.1) is 11.3 Å². The molecule has 1 aromatic rings. The van der Waals surface area contributed by atoms with Gasteiger partial charge < -0.3 is 5.32 Å². The van der Waals surface area contributed by atoms with E-state index in [0.29, 0.717) is 22.8 Å². The van der Waals surface area contributed by atoms with Gasteiger partial charge in [-0.1, -0.05) is 42.5 Å². The molecular weight excluding hydrogens is 268 g/mol. The minimum Gasteiger partial charge on any atom is -0.320 e. The van der Waals surface area contributed by atoms with Gasteiger partial charge in [0.1, 0.15) is 0 Å². The highest BCUT2D eigenvalue weighted by Crippen LogP contribution is 2.36. The van der Waals surface area contributed by atoms with Crippen molar-refractivity contribution >= 4 is 17.7 Å². The molecule has 1 aromatic carbocycles. The Hall–Kier alpha value is -1.99. The Morgan fingerprint density at radius 2 is 2.20 bits per heavy atom. The van der Waals surface area contributed by atoms with Crippen LogP contribution in [0.5, 0.6) is 0 Å². The SMILES string of the molecule is C=C(C)CSC1=C(C#N)[C@@H](c2ccccc2)CC(=O)N1. The van der Waals surface area contributed by atoms with E-state index in [1.54, 1.807) is 0 Å². The number of nitriles is 1. The minimum absolute atomic E-state index is 0.0398. The zero-order valence-corrected chi connectivity index (χ0v) is 12.2. The molecule has 0 bridgehead atoms. The Labute approximate surface area is 123 Å². The molecule has 2 rings (SSSR count). The highest BCUT2D eigenvalue weighted by Gasteiger charge is 2.29. The van der Waals surface area contributed by atoms with Crippen molar-refractivity contribution < 1.29 is 4.79 Å². The van der Waals surface area contributed by atoms with Crippen LogP contribution in [-0.4, -0.2) is 11.7 Å². The first-order valence-corrected chi connectivity index (χ1v) is 7.36. The van der Waals surface area contributed by atoms with Gasteiger partial charge in [0.2, 0.25) is 5.91 Å². The zero-order valence-electron chi connectivity index (χ0n) is 11.3. The lowest BCUT2D eigenvalue weighted by Gasteiger charge is -2.25. The van der Waals surface area contributed by atoms with Crippen molar-refractivity contribution in [1.82, 2.24) is 5.32 Å². The number of carbonyl (C=O) groups excluding carboxylic acids is 1. The molecule has 1 atom stereocenters. The number of amides is 1. The van der Waals surface area contributed by atoms with Crippen LogP contribution >= 0.6 is 11.8 Å². The van der Waals surface area contributed by atoms with E-state index in [4.69, 9.17) is 0 Å². The summed E-state index contributed by atoms with van der Waals surface area (Å²) in [7, 11) is 0. The first-order chi connectivity index (χ1) is 9.61. The summed E-state index contributed by atoms with van der Waals surface area (Å²) in [6.45, 7) is 5.78. The average molecular weight is 284 g/mol. The normalized spacial score (nSPS) is 18.4. The van der Waals surface area contributed by atoms with Crippen LogP contribution in [0.4, 0.5) is 0 Å². The van der Waals surface area contributed by atoms with Gasteiger partial charge in [-0.3, -0.25) is 4.79 Å². The standard InChI is InChI=1S/C16H16N2OS/c1-11(2)10-20-16-14(9-17)13(8-15(19)18-16)12-6-4-3-5-7-12/h3-7,13H,1,8,10H2,2H3,(H,18,19)/t13-/m1/s1. The van der Waals surface area contributed by atoms with Crippen LogP contribution in [0.2, 0.25) is 0 Å². The van der Waals surface area contributed by atoms with Gasteiger partial charge in [0.25, 0.3) is 0 Å². The lowest BCUT2D eigenvalue weighted by atomic mass is 9.87. The van der Waals surface area contributed by atoms with Gasteiger partial charge >= 0.3 is 0 Å². The number of carbonyl (C=O) groups is 1. The summed E-state index contributed by atoms with van der Waals surface area (Å²) < 4.78 is 0. The maximum atomic E-state index is 11.9. The van der Waals surface area contributed by atoms with Crippen molar-refractivity contribution in [2.24, 2.45) is 0 Å². The molecule has 1 heterocycles. The third-order valence-corrected chi connectivity index (χ3v) is 4.27. The van der Waals surface area contributed by atoms with Gasteiger partial charge in [0.05, 0.1) is 16.7 Å². The number of nitrogens with one attached hydrogen (secondary N) is 1. The first kappa shape index (κ1) is 14.4. The fourth-order valence-electron chi connectivity index (χ4n) is 2.10. The monoisotopic (exact) mass is 284 g/mol. The number of benzene rings is 1. The molecule has 0 unspecified atom stereocenters. The highest BCUT2D eigenvalue weighted by atomic mass is 32.2. The summed E-state index contributed by atoms with van der Waals surface area (Å²) in [5.41, 5.74) is 2.66. The van der Waals surface area contributed by atoms with Gasteiger partial charge in [-0.25, -0.2) is 0 Å². The van der Waals surface area contributed by atoms with Crippen LogP contribution in [-0.2, 0) is 4.79 Å². The number of allylic oxidation sites excluding steroid dienone is 1. The van der Waals surface area contributed by atoms with E-state index >= 15 is 0 Å². The van der Waals surface area contributed by atoms with Gasteiger partial charge in [-0.05, 0) is 12.5 Å². The molecule has 0 saturated heterocycles. The topological polar surface area (TPSA) is 52.9 Å². The van der Waals surface area contributed by atoms with Crippen molar-refractivity contribution in [1.29, 1.82) is 5.26 Å². The molecule has 1 N–H and O–H groups in total. The second-order valence-corrected chi connectivity index (χ2v) is 5.80. The number of rotatable bonds is 4. The van der Waals surface area contributed by atoms with E-state index in [2.05, 4.69) is 18.0 Å². The fraction of sp³-hybridized carbons (Fsp3) is 0.250. The van der Waals surface area contributed by atoms with Crippen LogP contribution in [0.15, 0.2) is 53.1 Å². The fourth-order valence-corrected chi connectivity index (χ4v) is 3.02. The molecule has 4 heteroatoms. The highest BCUT2D eigenvalue weighted by molar-refractivity contribution is 8.03. The summed E-state index contributed by atoms with van der Waals surface area (Å²) in [5, 5.41) is 12.9. The van der Waals surface area contributed by atoms with Crippen LogP contribution in [0.3, 0.4) is 0 Å². The van der Waals surface area contributed by atoms with E-state index in [1.807, 2.05) is 37.3 Å². The lowest BCUT2D eigenvalue weighted by molar-refractivity contribution is -0.120. The van der Waals surface area contributed by atoms with E-state index in [0.717, 1.165) is 11.1 Å².